The summed E-state index contributed by atoms with van der Waals surface area (Å²) in [4.78, 5) is 29.3. The van der Waals surface area contributed by atoms with Crippen molar-refractivity contribution in [1.82, 2.24) is 10.3 Å². The van der Waals surface area contributed by atoms with Gasteiger partial charge in [0, 0.05) is 35.3 Å². The van der Waals surface area contributed by atoms with Gasteiger partial charge in [-0.1, -0.05) is 48.0 Å². The van der Waals surface area contributed by atoms with E-state index in [4.69, 9.17) is 16.3 Å². The number of benzene rings is 3. The third-order valence-corrected chi connectivity index (χ3v) is 5.51. The van der Waals surface area contributed by atoms with Gasteiger partial charge in [-0.2, -0.15) is 0 Å². The number of aromatic nitrogens is 1. The van der Waals surface area contributed by atoms with Gasteiger partial charge in [0.05, 0.1) is 17.7 Å². The normalized spacial score (nSPS) is 11.7. The number of rotatable bonds is 7. The van der Waals surface area contributed by atoms with Gasteiger partial charge < -0.3 is 20.4 Å². The Labute approximate surface area is 190 Å². The maximum absolute atomic E-state index is 13.2. The molecule has 32 heavy (non-hydrogen) atoms. The van der Waals surface area contributed by atoms with Gasteiger partial charge in [-0.05, 0) is 35.9 Å². The van der Waals surface area contributed by atoms with Crippen LogP contribution in [0.25, 0.3) is 10.9 Å². The molecule has 1 aromatic heterocycles. The lowest BCUT2D eigenvalue weighted by molar-refractivity contribution is -0.118. The summed E-state index contributed by atoms with van der Waals surface area (Å²) in [7, 11) is 1.56. The Morgan fingerprint density at radius 1 is 1.03 bits per heavy atom. The van der Waals surface area contributed by atoms with Crippen LogP contribution in [0.1, 0.15) is 15.9 Å². The Bertz CT molecular complexity index is 1270. The van der Waals surface area contributed by atoms with Crippen molar-refractivity contribution in [3.63, 3.8) is 0 Å². The number of fused-ring (bicyclic) bond motifs is 1. The summed E-state index contributed by atoms with van der Waals surface area (Å²) >= 11 is 6.19. The van der Waals surface area contributed by atoms with E-state index in [-0.39, 0.29) is 5.91 Å². The summed E-state index contributed by atoms with van der Waals surface area (Å²) in [6.45, 7) is 0. The van der Waals surface area contributed by atoms with Gasteiger partial charge in [-0.15, -0.1) is 0 Å². The van der Waals surface area contributed by atoms with E-state index >= 15 is 0 Å². The molecular formula is C25H22ClN3O3. The minimum absolute atomic E-state index is 0.302. The van der Waals surface area contributed by atoms with Crippen LogP contribution >= 0.6 is 11.6 Å². The maximum atomic E-state index is 13.2. The number of hydrogen-bond donors (Lipinski definition) is 3. The van der Waals surface area contributed by atoms with Crippen molar-refractivity contribution in [2.75, 3.05) is 12.4 Å². The zero-order valence-corrected chi connectivity index (χ0v) is 18.1. The molecule has 3 aromatic carbocycles. The summed E-state index contributed by atoms with van der Waals surface area (Å²) in [6.07, 6.45) is 2.16. The fourth-order valence-electron chi connectivity index (χ4n) is 3.54. The van der Waals surface area contributed by atoms with Gasteiger partial charge in [0.25, 0.3) is 5.91 Å². The first-order valence-electron chi connectivity index (χ1n) is 10.1. The van der Waals surface area contributed by atoms with Gasteiger partial charge >= 0.3 is 0 Å². The highest BCUT2D eigenvalue weighted by Crippen LogP contribution is 2.21. The third kappa shape index (κ3) is 4.76. The highest BCUT2D eigenvalue weighted by molar-refractivity contribution is 6.33. The van der Waals surface area contributed by atoms with Gasteiger partial charge in [0.1, 0.15) is 11.8 Å². The van der Waals surface area contributed by atoms with Crippen molar-refractivity contribution in [3.8, 4) is 5.75 Å². The molecule has 0 radical (unpaired) electrons. The molecule has 0 aliphatic heterocycles. The quantitative estimate of drug-likeness (QED) is 0.380. The largest absolute Gasteiger partial charge is 0.497 e. The molecule has 1 heterocycles. The number of halogens is 1. The number of H-pyrrole nitrogens is 1. The fraction of sp³-hybridized carbons (Fsp3) is 0.120. The second-order valence-electron chi connectivity index (χ2n) is 7.29. The Morgan fingerprint density at radius 3 is 2.62 bits per heavy atom. The van der Waals surface area contributed by atoms with Crippen molar-refractivity contribution >= 4 is 40.0 Å². The second kappa shape index (κ2) is 9.58. The lowest BCUT2D eigenvalue weighted by Crippen LogP contribution is -2.45. The number of aromatic amines is 1. The molecule has 0 saturated heterocycles. The minimum Gasteiger partial charge on any atom is -0.497 e. The molecule has 0 aliphatic rings. The van der Waals surface area contributed by atoms with Gasteiger partial charge in [-0.3, -0.25) is 9.59 Å². The van der Waals surface area contributed by atoms with E-state index in [1.165, 1.54) is 0 Å². The smallest absolute Gasteiger partial charge is 0.253 e. The Kier molecular flexibility index (Phi) is 6.42. The van der Waals surface area contributed by atoms with Crippen molar-refractivity contribution in [2.24, 2.45) is 0 Å². The molecule has 162 valence electrons. The zero-order valence-electron chi connectivity index (χ0n) is 17.4. The third-order valence-electron chi connectivity index (χ3n) is 5.18. The van der Waals surface area contributed by atoms with Crippen molar-refractivity contribution in [2.45, 2.75) is 12.5 Å². The summed E-state index contributed by atoms with van der Waals surface area (Å²) in [5.74, 6) is -0.138. The highest BCUT2D eigenvalue weighted by Gasteiger charge is 2.24. The number of amides is 2. The van der Waals surface area contributed by atoms with E-state index in [9.17, 15) is 9.59 Å². The monoisotopic (exact) mass is 447 g/mol. The number of anilines is 1. The average Bonchev–Trinajstić information content (AvgIpc) is 3.22. The van der Waals surface area contributed by atoms with E-state index in [0.717, 1.165) is 16.5 Å². The number of para-hydroxylation sites is 1. The fourth-order valence-corrected chi connectivity index (χ4v) is 3.76. The summed E-state index contributed by atoms with van der Waals surface area (Å²) in [5.41, 5.74) is 2.77. The van der Waals surface area contributed by atoms with Crippen molar-refractivity contribution < 1.29 is 14.3 Å². The van der Waals surface area contributed by atoms with E-state index in [1.54, 1.807) is 55.6 Å². The van der Waals surface area contributed by atoms with Crippen LogP contribution in [0.15, 0.2) is 79.0 Å². The summed E-state index contributed by atoms with van der Waals surface area (Å²) in [6, 6.07) is 20.8. The molecule has 6 nitrogen and oxygen atoms in total. The van der Waals surface area contributed by atoms with Crippen LogP contribution in [-0.2, 0) is 11.2 Å². The Morgan fingerprint density at radius 2 is 1.81 bits per heavy atom. The number of carbonyl (C=O) groups is 2. The molecule has 7 heteroatoms. The molecule has 0 fully saturated rings. The van der Waals surface area contributed by atoms with Crippen LogP contribution in [0.3, 0.4) is 0 Å². The van der Waals surface area contributed by atoms with Crippen LogP contribution in [0.2, 0.25) is 5.02 Å². The minimum atomic E-state index is -0.829. The molecule has 0 aliphatic carbocycles. The lowest BCUT2D eigenvalue weighted by Gasteiger charge is -2.19. The van der Waals surface area contributed by atoms with Crippen molar-refractivity contribution in [1.29, 1.82) is 0 Å². The molecule has 3 N–H and O–H groups in total. The van der Waals surface area contributed by atoms with Gasteiger partial charge in [0.2, 0.25) is 5.91 Å². The molecule has 0 unspecified atom stereocenters. The van der Waals surface area contributed by atoms with E-state index in [2.05, 4.69) is 15.6 Å². The molecule has 0 bridgehead atoms. The van der Waals surface area contributed by atoms with Crippen LogP contribution in [0.5, 0.6) is 5.75 Å². The van der Waals surface area contributed by atoms with E-state index in [0.29, 0.717) is 28.4 Å². The molecule has 1 atom stereocenters. The van der Waals surface area contributed by atoms with Crippen molar-refractivity contribution in [3.05, 3.63) is 95.1 Å². The van der Waals surface area contributed by atoms with Crippen LogP contribution in [-0.4, -0.2) is 29.9 Å². The SMILES string of the molecule is COc1cccc(NC(=O)[C@H](Cc2c[nH]c3ccccc23)NC(=O)c2ccccc2Cl)c1. The molecule has 0 saturated carbocycles. The first-order chi connectivity index (χ1) is 15.5. The standard InChI is InChI=1S/C25H22ClN3O3/c1-32-18-8-6-7-17(14-18)28-25(31)23(29-24(30)20-10-2-4-11-21(20)26)13-16-15-27-22-12-5-3-9-19(16)22/h2-12,14-15,23,27H,13H2,1H3,(H,28,31)(H,29,30)/t23-/m0/s1. The highest BCUT2D eigenvalue weighted by atomic mass is 35.5. The number of methoxy groups -OCH3 is 1. The van der Waals surface area contributed by atoms with Gasteiger partial charge in [-0.25, -0.2) is 0 Å². The maximum Gasteiger partial charge on any atom is 0.253 e. The number of nitrogens with one attached hydrogen (secondary N) is 3. The molecule has 4 aromatic rings. The van der Waals surface area contributed by atoms with E-state index in [1.807, 2.05) is 30.5 Å². The van der Waals surface area contributed by atoms with Gasteiger partial charge in [0.15, 0.2) is 0 Å². The molecule has 2 amide bonds. The second-order valence-corrected chi connectivity index (χ2v) is 7.70. The van der Waals surface area contributed by atoms with Crippen LogP contribution in [0, 0.1) is 0 Å². The molecular weight excluding hydrogens is 426 g/mol. The zero-order chi connectivity index (χ0) is 22.5. The first-order valence-corrected chi connectivity index (χ1v) is 10.5. The number of carbonyl (C=O) groups excluding carboxylic acids is 2. The lowest BCUT2D eigenvalue weighted by atomic mass is 10.0. The molecule has 0 spiro atoms. The number of hydrogen-bond acceptors (Lipinski definition) is 3. The van der Waals surface area contributed by atoms with E-state index < -0.39 is 11.9 Å². The summed E-state index contributed by atoms with van der Waals surface area (Å²) in [5, 5.41) is 7.04. The predicted molar refractivity (Wildman–Crippen MR) is 126 cm³/mol. The Hall–Kier alpha value is -3.77. The Balaban J connectivity index is 1.61. The molecule has 4 rings (SSSR count). The first kappa shape index (κ1) is 21.5. The topological polar surface area (TPSA) is 83.2 Å². The predicted octanol–water partition coefficient (Wildman–Crippen LogP) is 4.81. The van der Waals surface area contributed by atoms with Crippen LogP contribution in [0.4, 0.5) is 5.69 Å². The summed E-state index contributed by atoms with van der Waals surface area (Å²) < 4.78 is 5.23. The number of ether oxygens (including phenoxy) is 1. The average molecular weight is 448 g/mol. The van der Waals surface area contributed by atoms with Crippen LogP contribution < -0.4 is 15.4 Å².